The van der Waals surface area contributed by atoms with Gasteiger partial charge in [-0.2, -0.15) is 10.1 Å². The van der Waals surface area contributed by atoms with Crippen LogP contribution >= 0.6 is 0 Å². The Bertz CT molecular complexity index is 1010. The van der Waals surface area contributed by atoms with Gasteiger partial charge in [-0.1, -0.05) is 0 Å². The standard InChI is InChI=1S/C24H33N7O2/c32-23(30-10-1-2-11-30)20-7-4-12-31(20)24-25-18-6-3-5-17(18)22(27-24)26-21-15-19(28-29-21)16-8-13-33-14-9-16/h15-16,20H,1-14H2,(H2,25,26,27,28,29)/t20-/m1/s1. The zero-order valence-electron chi connectivity index (χ0n) is 19.2. The van der Waals surface area contributed by atoms with Gasteiger partial charge in [0.25, 0.3) is 0 Å². The molecule has 0 unspecified atom stereocenters. The number of carbonyl (C=O) groups is 1. The van der Waals surface area contributed by atoms with Gasteiger partial charge in [-0.25, -0.2) is 4.98 Å². The van der Waals surface area contributed by atoms with Gasteiger partial charge in [0.2, 0.25) is 11.9 Å². The van der Waals surface area contributed by atoms with E-state index in [1.54, 1.807) is 0 Å². The average molecular weight is 452 g/mol. The molecular formula is C24H33N7O2. The first-order chi connectivity index (χ1) is 16.3. The fourth-order valence-electron chi connectivity index (χ4n) is 5.80. The van der Waals surface area contributed by atoms with Crippen molar-refractivity contribution in [1.29, 1.82) is 0 Å². The highest BCUT2D eigenvalue weighted by molar-refractivity contribution is 5.85. The van der Waals surface area contributed by atoms with Crippen molar-refractivity contribution in [2.24, 2.45) is 0 Å². The number of fused-ring (bicyclic) bond motifs is 1. The number of aryl methyl sites for hydroxylation is 1. The molecule has 9 nitrogen and oxygen atoms in total. The molecule has 0 radical (unpaired) electrons. The first-order valence-electron chi connectivity index (χ1n) is 12.6. The summed E-state index contributed by atoms with van der Waals surface area (Å²) in [5.41, 5.74) is 3.46. The van der Waals surface area contributed by atoms with Gasteiger partial charge in [0.15, 0.2) is 5.82 Å². The topological polar surface area (TPSA) is 99.3 Å². The summed E-state index contributed by atoms with van der Waals surface area (Å²) in [5.74, 6) is 3.04. The smallest absolute Gasteiger partial charge is 0.245 e. The fraction of sp³-hybridized carbons (Fsp3) is 0.667. The van der Waals surface area contributed by atoms with Crippen LogP contribution in [-0.4, -0.2) is 69.9 Å². The lowest BCUT2D eigenvalue weighted by atomic mass is 9.97. The lowest BCUT2D eigenvalue weighted by molar-refractivity contribution is -0.131. The molecule has 3 aliphatic heterocycles. The number of amides is 1. The van der Waals surface area contributed by atoms with E-state index in [4.69, 9.17) is 14.7 Å². The monoisotopic (exact) mass is 451 g/mol. The second-order valence-corrected chi connectivity index (χ2v) is 9.76. The number of nitrogens with zero attached hydrogens (tertiary/aromatic N) is 5. The summed E-state index contributed by atoms with van der Waals surface area (Å²) in [5, 5.41) is 11.2. The maximum Gasteiger partial charge on any atom is 0.245 e. The molecule has 1 atom stereocenters. The number of H-pyrrole nitrogens is 1. The Morgan fingerprint density at radius 2 is 1.88 bits per heavy atom. The molecule has 0 spiro atoms. The quantitative estimate of drug-likeness (QED) is 0.721. The van der Waals surface area contributed by atoms with Crippen molar-refractivity contribution < 1.29 is 9.53 Å². The zero-order chi connectivity index (χ0) is 22.2. The van der Waals surface area contributed by atoms with E-state index < -0.39 is 0 Å². The molecule has 5 heterocycles. The Balaban J connectivity index is 1.25. The molecular weight excluding hydrogens is 418 g/mol. The Morgan fingerprint density at radius 3 is 2.73 bits per heavy atom. The minimum atomic E-state index is -0.138. The Kier molecular flexibility index (Phi) is 5.65. The maximum atomic E-state index is 13.2. The molecule has 0 bridgehead atoms. The molecule has 0 saturated carbocycles. The maximum absolute atomic E-state index is 13.2. The number of carbonyl (C=O) groups excluding carboxylic acids is 1. The second-order valence-electron chi connectivity index (χ2n) is 9.76. The highest BCUT2D eigenvalue weighted by atomic mass is 16.5. The molecule has 4 aliphatic rings. The third-order valence-corrected chi connectivity index (χ3v) is 7.64. The van der Waals surface area contributed by atoms with Crippen molar-refractivity contribution in [1.82, 2.24) is 25.1 Å². The third-order valence-electron chi connectivity index (χ3n) is 7.64. The molecule has 9 heteroatoms. The minimum Gasteiger partial charge on any atom is -0.381 e. The van der Waals surface area contributed by atoms with Gasteiger partial charge in [0.05, 0.1) is 5.69 Å². The molecule has 6 rings (SSSR count). The number of anilines is 3. The Labute approximate surface area is 194 Å². The van der Waals surface area contributed by atoms with Crippen LogP contribution in [0.2, 0.25) is 0 Å². The molecule has 176 valence electrons. The van der Waals surface area contributed by atoms with Crippen LogP contribution in [0.15, 0.2) is 6.07 Å². The van der Waals surface area contributed by atoms with Crippen LogP contribution in [0.25, 0.3) is 0 Å². The number of ether oxygens (including phenoxy) is 1. The van der Waals surface area contributed by atoms with Crippen molar-refractivity contribution in [3.05, 3.63) is 23.0 Å². The molecule has 2 aromatic heterocycles. The number of hydrogen-bond donors (Lipinski definition) is 2. The predicted molar refractivity (Wildman–Crippen MR) is 125 cm³/mol. The van der Waals surface area contributed by atoms with E-state index in [-0.39, 0.29) is 11.9 Å². The van der Waals surface area contributed by atoms with Gasteiger partial charge in [0, 0.05) is 56.1 Å². The Hall–Kier alpha value is -2.68. The third kappa shape index (κ3) is 4.07. The summed E-state index contributed by atoms with van der Waals surface area (Å²) in [4.78, 5) is 27.2. The fourth-order valence-corrected chi connectivity index (χ4v) is 5.80. The summed E-state index contributed by atoms with van der Waals surface area (Å²) in [6, 6.07) is 1.97. The normalized spacial score (nSPS) is 23.3. The lowest BCUT2D eigenvalue weighted by Crippen LogP contribution is -2.45. The number of nitrogens with one attached hydrogen (secondary N) is 2. The van der Waals surface area contributed by atoms with E-state index in [0.717, 1.165) is 114 Å². The van der Waals surface area contributed by atoms with Crippen molar-refractivity contribution in [3.63, 3.8) is 0 Å². The zero-order valence-corrected chi connectivity index (χ0v) is 19.2. The largest absolute Gasteiger partial charge is 0.381 e. The van der Waals surface area contributed by atoms with Crippen molar-refractivity contribution >= 4 is 23.5 Å². The SMILES string of the molecule is O=C([C@H]1CCCN1c1nc2c(c(Nc3cc(C4CCOCC4)[nH]n3)n1)CCC2)N1CCCC1. The summed E-state index contributed by atoms with van der Waals surface area (Å²) >= 11 is 0. The number of aromatic nitrogens is 4. The first kappa shape index (κ1) is 20.9. The average Bonchev–Trinajstić information content (AvgIpc) is 3.65. The van der Waals surface area contributed by atoms with Crippen molar-refractivity contribution in [2.45, 2.75) is 69.7 Å². The summed E-state index contributed by atoms with van der Waals surface area (Å²) < 4.78 is 5.50. The predicted octanol–water partition coefficient (Wildman–Crippen LogP) is 2.92. The Morgan fingerprint density at radius 1 is 1.03 bits per heavy atom. The van der Waals surface area contributed by atoms with Crippen molar-refractivity contribution in [2.75, 3.05) is 43.1 Å². The lowest BCUT2D eigenvalue weighted by Gasteiger charge is -2.28. The van der Waals surface area contributed by atoms with E-state index in [2.05, 4.69) is 26.5 Å². The molecule has 33 heavy (non-hydrogen) atoms. The molecule has 3 fully saturated rings. The number of hydrogen-bond acceptors (Lipinski definition) is 7. The van der Waals surface area contributed by atoms with E-state index in [1.165, 1.54) is 5.56 Å². The van der Waals surface area contributed by atoms with Crippen LogP contribution in [0.4, 0.5) is 17.6 Å². The van der Waals surface area contributed by atoms with E-state index in [0.29, 0.717) is 11.9 Å². The van der Waals surface area contributed by atoms with Gasteiger partial charge in [-0.05, 0) is 57.8 Å². The highest BCUT2D eigenvalue weighted by Gasteiger charge is 2.37. The summed E-state index contributed by atoms with van der Waals surface area (Å²) in [6.07, 6.45) is 9.19. The van der Waals surface area contributed by atoms with Crippen LogP contribution in [0.3, 0.4) is 0 Å². The van der Waals surface area contributed by atoms with Gasteiger partial charge in [-0.3, -0.25) is 9.89 Å². The van der Waals surface area contributed by atoms with E-state index >= 15 is 0 Å². The number of aromatic amines is 1. The summed E-state index contributed by atoms with van der Waals surface area (Å²) in [7, 11) is 0. The molecule has 1 aliphatic carbocycles. The molecule has 2 N–H and O–H groups in total. The van der Waals surface area contributed by atoms with Crippen LogP contribution in [0.1, 0.15) is 67.8 Å². The summed E-state index contributed by atoms with van der Waals surface area (Å²) in [6.45, 7) is 4.22. The first-order valence-corrected chi connectivity index (χ1v) is 12.6. The molecule has 1 amide bonds. The van der Waals surface area contributed by atoms with Crippen LogP contribution in [0.5, 0.6) is 0 Å². The second kappa shape index (κ2) is 8.93. The number of rotatable bonds is 5. The molecule has 3 saturated heterocycles. The van der Waals surface area contributed by atoms with Crippen LogP contribution in [0, 0.1) is 0 Å². The van der Waals surface area contributed by atoms with Gasteiger partial charge in [0.1, 0.15) is 11.9 Å². The molecule has 2 aromatic rings. The van der Waals surface area contributed by atoms with E-state index in [9.17, 15) is 4.79 Å². The molecule has 0 aromatic carbocycles. The van der Waals surface area contributed by atoms with Crippen LogP contribution in [-0.2, 0) is 22.4 Å². The van der Waals surface area contributed by atoms with Crippen molar-refractivity contribution in [3.8, 4) is 0 Å². The van der Waals surface area contributed by atoms with E-state index in [1.807, 2.05) is 4.90 Å². The van der Waals surface area contributed by atoms with Gasteiger partial charge in [-0.15, -0.1) is 0 Å². The van der Waals surface area contributed by atoms with Gasteiger partial charge < -0.3 is 19.9 Å². The van der Waals surface area contributed by atoms with Crippen LogP contribution < -0.4 is 10.2 Å². The minimum absolute atomic E-state index is 0.138. The van der Waals surface area contributed by atoms with Gasteiger partial charge >= 0.3 is 0 Å². The number of likely N-dealkylation sites (tertiary alicyclic amines) is 1. The highest BCUT2D eigenvalue weighted by Crippen LogP contribution is 2.34.